The maximum Gasteiger partial charge on any atom is 0.246 e. The Morgan fingerprint density at radius 1 is 1.00 bits per heavy atom. The fourth-order valence-corrected chi connectivity index (χ4v) is 2.35. The van der Waals surface area contributed by atoms with Gasteiger partial charge in [0.15, 0.2) is 5.78 Å². The SMILES string of the molecule is CC(=O)c1cccc(NC(=O)C(c2ccccc2)N(C)C)c1. The van der Waals surface area contributed by atoms with Crippen LogP contribution in [0.15, 0.2) is 54.6 Å². The zero-order chi connectivity index (χ0) is 16.1. The Kier molecular flexibility index (Phi) is 5.07. The molecule has 0 bridgehead atoms. The van der Waals surface area contributed by atoms with Crippen LogP contribution in [0.3, 0.4) is 0 Å². The highest BCUT2D eigenvalue weighted by Gasteiger charge is 2.22. The molecule has 0 aliphatic heterocycles. The Bertz CT molecular complexity index is 666. The van der Waals surface area contributed by atoms with Crippen molar-refractivity contribution >= 4 is 17.4 Å². The molecule has 0 aliphatic rings. The summed E-state index contributed by atoms with van der Waals surface area (Å²) >= 11 is 0. The van der Waals surface area contributed by atoms with Crippen molar-refractivity contribution in [2.24, 2.45) is 0 Å². The second-order valence-electron chi connectivity index (χ2n) is 5.40. The minimum Gasteiger partial charge on any atom is -0.324 e. The van der Waals surface area contributed by atoms with Gasteiger partial charge in [0, 0.05) is 11.3 Å². The Morgan fingerprint density at radius 2 is 1.68 bits per heavy atom. The lowest BCUT2D eigenvalue weighted by Crippen LogP contribution is -2.32. The van der Waals surface area contributed by atoms with E-state index in [-0.39, 0.29) is 17.7 Å². The van der Waals surface area contributed by atoms with Crippen molar-refractivity contribution in [2.45, 2.75) is 13.0 Å². The van der Waals surface area contributed by atoms with Crippen LogP contribution in [0.2, 0.25) is 0 Å². The van der Waals surface area contributed by atoms with E-state index in [0.717, 1.165) is 5.56 Å². The Labute approximate surface area is 130 Å². The lowest BCUT2D eigenvalue weighted by Gasteiger charge is -2.24. The van der Waals surface area contributed by atoms with Crippen LogP contribution in [0, 0.1) is 0 Å². The molecule has 4 heteroatoms. The van der Waals surface area contributed by atoms with Gasteiger partial charge in [0.2, 0.25) is 5.91 Å². The number of amides is 1. The Balaban J connectivity index is 2.22. The zero-order valence-electron chi connectivity index (χ0n) is 13.0. The average Bonchev–Trinajstić information content (AvgIpc) is 2.48. The summed E-state index contributed by atoms with van der Waals surface area (Å²) in [6.07, 6.45) is 0. The lowest BCUT2D eigenvalue weighted by molar-refractivity contribution is -0.120. The number of likely N-dealkylation sites (N-methyl/N-ethyl adjacent to an activating group) is 1. The molecular weight excluding hydrogens is 276 g/mol. The number of anilines is 1. The zero-order valence-corrected chi connectivity index (χ0v) is 13.0. The van der Waals surface area contributed by atoms with Crippen molar-refractivity contribution in [1.29, 1.82) is 0 Å². The molecule has 1 N–H and O–H groups in total. The van der Waals surface area contributed by atoms with Gasteiger partial charge < -0.3 is 5.32 Å². The molecule has 2 aromatic carbocycles. The third-order valence-corrected chi connectivity index (χ3v) is 3.42. The monoisotopic (exact) mass is 296 g/mol. The van der Waals surface area contributed by atoms with E-state index in [9.17, 15) is 9.59 Å². The number of hydrogen-bond acceptors (Lipinski definition) is 3. The van der Waals surface area contributed by atoms with Gasteiger partial charge in [-0.3, -0.25) is 14.5 Å². The maximum absolute atomic E-state index is 12.6. The molecule has 4 nitrogen and oxygen atoms in total. The first-order chi connectivity index (χ1) is 10.5. The summed E-state index contributed by atoms with van der Waals surface area (Å²) in [5.41, 5.74) is 2.13. The number of hydrogen-bond donors (Lipinski definition) is 1. The van der Waals surface area contributed by atoms with Gasteiger partial charge in [-0.15, -0.1) is 0 Å². The van der Waals surface area contributed by atoms with Crippen LogP contribution in [-0.2, 0) is 4.79 Å². The van der Waals surface area contributed by atoms with Crippen molar-refractivity contribution in [3.05, 3.63) is 65.7 Å². The van der Waals surface area contributed by atoms with Gasteiger partial charge in [0.25, 0.3) is 0 Å². The summed E-state index contributed by atoms with van der Waals surface area (Å²) in [6, 6.07) is 16.2. The van der Waals surface area contributed by atoms with E-state index in [1.807, 2.05) is 49.3 Å². The van der Waals surface area contributed by atoms with Gasteiger partial charge in [0.05, 0.1) is 0 Å². The predicted molar refractivity (Wildman–Crippen MR) is 87.9 cm³/mol. The molecule has 0 spiro atoms. The van der Waals surface area contributed by atoms with Gasteiger partial charge >= 0.3 is 0 Å². The number of nitrogens with zero attached hydrogens (tertiary/aromatic N) is 1. The number of Topliss-reactive ketones (excluding diaryl/α,β-unsaturated/α-hetero) is 1. The van der Waals surface area contributed by atoms with Crippen LogP contribution in [0.25, 0.3) is 0 Å². The molecule has 0 aliphatic carbocycles. The Morgan fingerprint density at radius 3 is 2.27 bits per heavy atom. The third kappa shape index (κ3) is 3.80. The van der Waals surface area contributed by atoms with E-state index in [1.165, 1.54) is 6.92 Å². The van der Waals surface area contributed by atoms with Crippen LogP contribution < -0.4 is 5.32 Å². The van der Waals surface area contributed by atoms with E-state index in [2.05, 4.69) is 5.32 Å². The summed E-state index contributed by atoms with van der Waals surface area (Å²) in [5, 5.41) is 2.88. The molecule has 0 heterocycles. The average molecular weight is 296 g/mol. The van der Waals surface area contributed by atoms with Crippen LogP contribution >= 0.6 is 0 Å². The van der Waals surface area contributed by atoms with Gasteiger partial charge in [-0.1, -0.05) is 42.5 Å². The van der Waals surface area contributed by atoms with Crippen molar-refractivity contribution < 1.29 is 9.59 Å². The van der Waals surface area contributed by atoms with Crippen molar-refractivity contribution in [3.8, 4) is 0 Å². The van der Waals surface area contributed by atoms with E-state index < -0.39 is 0 Å². The molecule has 2 aromatic rings. The van der Waals surface area contributed by atoms with Gasteiger partial charge in [-0.2, -0.15) is 0 Å². The van der Waals surface area contributed by atoms with Crippen molar-refractivity contribution in [3.63, 3.8) is 0 Å². The summed E-state index contributed by atoms with van der Waals surface area (Å²) in [6.45, 7) is 1.51. The molecular formula is C18H20N2O2. The fourth-order valence-electron chi connectivity index (χ4n) is 2.35. The molecule has 1 unspecified atom stereocenters. The first kappa shape index (κ1) is 15.9. The molecule has 114 valence electrons. The van der Waals surface area contributed by atoms with E-state index in [0.29, 0.717) is 11.3 Å². The first-order valence-corrected chi connectivity index (χ1v) is 7.12. The molecule has 1 atom stereocenters. The number of rotatable bonds is 5. The fraction of sp³-hybridized carbons (Fsp3) is 0.222. The number of carbonyl (C=O) groups excluding carboxylic acids is 2. The molecule has 1 amide bonds. The number of benzene rings is 2. The third-order valence-electron chi connectivity index (χ3n) is 3.42. The number of nitrogens with one attached hydrogen (secondary N) is 1. The molecule has 0 aromatic heterocycles. The van der Waals surface area contributed by atoms with Crippen molar-refractivity contribution in [1.82, 2.24) is 4.90 Å². The minimum absolute atomic E-state index is 0.0247. The van der Waals surface area contributed by atoms with Crippen LogP contribution in [0.5, 0.6) is 0 Å². The summed E-state index contributed by atoms with van der Waals surface area (Å²) < 4.78 is 0. The Hall–Kier alpha value is -2.46. The predicted octanol–water partition coefficient (Wildman–Crippen LogP) is 3.13. The quantitative estimate of drug-likeness (QED) is 0.862. The van der Waals surface area contributed by atoms with E-state index in [1.54, 1.807) is 24.3 Å². The molecule has 22 heavy (non-hydrogen) atoms. The lowest BCUT2D eigenvalue weighted by atomic mass is 10.0. The number of carbonyl (C=O) groups is 2. The highest BCUT2D eigenvalue weighted by Crippen LogP contribution is 2.21. The molecule has 0 fully saturated rings. The molecule has 2 rings (SSSR count). The highest BCUT2D eigenvalue weighted by atomic mass is 16.2. The second kappa shape index (κ2) is 7.00. The van der Waals surface area contributed by atoms with Gasteiger partial charge in [-0.25, -0.2) is 0 Å². The second-order valence-corrected chi connectivity index (χ2v) is 5.40. The van der Waals surface area contributed by atoms with Crippen LogP contribution in [0.4, 0.5) is 5.69 Å². The first-order valence-electron chi connectivity index (χ1n) is 7.12. The van der Waals surface area contributed by atoms with Gasteiger partial charge in [0.1, 0.15) is 6.04 Å². The smallest absolute Gasteiger partial charge is 0.246 e. The largest absolute Gasteiger partial charge is 0.324 e. The van der Waals surface area contributed by atoms with Crippen LogP contribution in [0.1, 0.15) is 28.9 Å². The van der Waals surface area contributed by atoms with E-state index >= 15 is 0 Å². The molecule has 0 radical (unpaired) electrons. The van der Waals surface area contributed by atoms with Gasteiger partial charge in [-0.05, 0) is 38.7 Å². The topological polar surface area (TPSA) is 49.4 Å². The summed E-state index contributed by atoms with van der Waals surface area (Å²) in [4.78, 5) is 25.9. The highest BCUT2D eigenvalue weighted by molar-refractivity contribution is 5.98. The summed E-state index contributed by atoms with van der Waals surface area (Å²) in [5.74, 6) is -0.153. The normalized spacial score (nSPS) is 12.0. The van der Waals surface area contributed by atoms with Crippen molar-refractivity contribution in [2.75, 3.05) is 19.4 Å². The molecule has 0 saturated carbocycles. The van der Waals surface area contributed by atoms with E-state index in [4.69, 9.17) is 0 Å². The minimum atomic E-state index is -0.387. The molecule has 0 saturated heterocycles. The summed E-state index contributed by atoms with van der Waals surface area (Å²) in [7, 11) is 3.73. The van der Waals surface area contributed by atoms with Crippen LogP contribution in [-0.4, -0.2) is 30.7 Å². The standard InChI is InChI=1S/C18H20N2O2/c1-13(21)15-10-7-11-16(12-15)19-18(22)17(20(2)3)14-8-5-4-6-9-14/h4-12,17H,1-3H3,(H,19,22). The maximum atomic E-state index is 12.6. The number of ketones is 1.